The summed E-state index contributed by atoms with van der Waals surface area (Å²) >= 11 is 0. The van der Waals surface area contributed by atoms with Gasteiger partial charge in [0.15, 0.2) is 0 Å². The van der Waals surface area contributed by atoms with Crippen molar-refractivity contribution in [2.75, 3.05) is 0 Å². The highest BCUT2D eigenvalue weighted by atomic mass is 16.7. The van der Waals surface area contributed by atoms with E-state index in [0.29, 0.717) is 0 Å². The van der Waals surface area contributed by atoms with Crippen LogP contribution in [0.4, 0.5) is 0 Å². The minimum atomic E-state index is -2.89. The molecule has 1 unspecified atom stereocenters. The van der Waals surface area contributed by atoms with Crippen LogP contribution in [-0.4, -0.2) is 32.4 Å². The first-order chi connectivity index (χ1) is 4.34. The van der Waals surface area contributed by atoms with E-state index in [0.717, 1.165) is 0 Å². The minimum Gasteiger partial charge on any atom is -0.481 e. The van der Waals surface area contributed by atoms with Crippen LogP contribution in [0.3, 0.4) is 0 Å². The SMILES string of the molecule is CC(CC(=O)O)C(O)(O)O. The number of rotatable bonds is 3. The lowest BCUT2D eigenvalue weighted by molar-refractivity contribution is -0.339. The minimum absolute atomic E-state index is 0.483. The summed E-state index contributed by atoms with van der Waals surface area (Å²) in [5, 5.41) is 33.3. The third-order valence-electron chi connectivity index (χ3n) is 1.14. The predicted octanol–water partition coefficient (Wildman–Crippen LogP) is -1.27. The van der Waals surface area contributed by atoms with E-state index in [1.165, 1.54) is 6.92 Å². The molecular weight excluding hydrogens is 140 g/mol. The fourth-order valence-corrected chi connectivity index (χ4v) is 0.399. The van der Waals surface area contributed by atoms with Gasteiger partial charge in [-0.05, 0) is 0 Å². The predicted molar refractivity (Wildman–Crippen MR) is 30.8 cm³/mol. The van der Waals surface area contributed by atoms with E-state index < -0.39 is 24.3 Å². The van der Waals surface area contributed by atoms with E-state index in [-0.39, 0.29) is 0 Å². The van der Waals surface area contributed by atoms with Crippen molar-refractivity contribution < 1.29 is 25.2 Å². The Kier molecular flexibility index (Phi) is 2.77. The van der Waals surface area contributed by atoms with E-state index in [4.69, 9.17) is 20.4 Å². The van der Waals surface area contributed by atoms with E-state index >= 15 is 0 Å². The van der Waals surface area contributed by atoms with Crippen molar-refractivity contribution in [2.45, 2.75) is 19.3 Å². The Morgan fingerprint density at radius 3 is 2.00 bits per heavy atom. The second-order valence-corrected chi connectivity index (χ2v) is 2.19. The fourth-order valence-electron chi connectivity index (χ4n) is 0.399. The quantitative estimate of drug-likeness (QED) is 0.376. The van der Waals surface area contributed by atoms with Gasteiger partial charge in [0.25, 0.3) is 5.97 Å². The fraction of sp³-hybridized carbons (Fsp3) is 0.800. The number of carboxylic acids is 1. The average molecular weight is 150 g/mol. The first-order valence-electron chi connectivity index (χ1n) is 2.73. The standard InChI is InChI=1S/C5H10O5/c1-3(2-4(6)7)5(8,9)10/h3,8-10H,2H2,1H3,(H,6,7). The molecule has 0 aliphatic carbocycles. The number of carboxylic acid groups (broad SMARTS) is 1. The molecule has 0 aliphatic rings. The molecule has 0 radical (unpaired) electrons. The topological polar surface area (TPSA) is 98.0 Å². The van der Waals surface area contributed by atoms with Gasteiger partial charge >= 0.3 is 5.97 Å². The number of hydrogen-bond donors (Lipinski definition) is 4. The lowest BCUT2D eigenvalue weighted by Gasteiger charge is -2.19. The maximum absolute atomic E-state index is 9.92. The molecule has 0 amide bonds. The number of aliphatic hydroxyl groups is 3. The Bertz CT molecular complexity index is 124. The summed E-state index contributed by atoms with van der Waals surface area (Å²) in [7, 11) is 0. The molecule has 0 aliphatic heterocycles. The molecule has 0 bridgehead atoms. The molecule has 5 nitrogen and oxygen atoms in total. The molecular formula is C5H10O5. The maximum Gasteiger partial charge on any atom is 0.303 e. The summed E-state index contributed by atoms with van der Waals surface area (Å²) in [6.07, 6.45) is -0.483. The Labute approximate surface area is 57.5 Å². The summed E-state index contributed by atoms with van der Waals surface area (Å²) in [6, 6.07) is 0. The number of carbonyl (C=O) groups is 1. The van der Waals surface area contributed by atoms with Crippen LogP contribution in [0, 0.1) is 5.92 Å². The first kappa shape index (κ1) is 9.35. The zero-order valence-corrected chi connectivity index (χ0v) is 5.48. The molecule has 1 atom stereocenters. The Morgan fingerprint density at radius 1 is 1.50 bits per heavy atom. The Hall–Kier alpha value is -0.650. The lowest BCUT2D eigenvalue weighted by atomic mass is 10.1. The number of hydrogen-bond acceptors (Lipinski definition) is 4. The summed E-state index contributed by atoms with van der Waals surface area (Å²) in [6.45, 7) is 1.22. The van der Waals surface area contributed by atoms with Gasteiger partial charge in [-0.1, -0.05) is 6.92 Å². The molecule has 0 aromatic rings. The van der Waals surface area contributed by atoms with Gasteiger partial charge in [0.2, 0.25) is 0 Å². The molecule has 0 heterocycles. The van der Waals surface area contributed by atoms with Crippen molar-refractivity contribution in [1.29, 1.82) is 0 Å². The molecule has 0 fully saturated rings. The normalized spacial score (nSPS) is 14.8. The molecule has 0 aromatic heterocycles. The second kappa shape index (κ2) is 2.96. The van der Waals surface area contributed by atoms with Crippen molar-refractivity contribution in [3.63, 3.8) is 0 Å². The van der Waals surface area contributed by atoms with Gasteiger partial charge in [-0.25, -0.2) is 0 Å². The molecule has 0 rings (SSSR count). The lowest BCUT2D eigenvalue weighted by Crippen LogP contribution is -2.36. The summed E-state index contributed by atoms with van der Waals surface area (Å²) in [5.41, 5.74) is 0. The highest BCUT2D eigenvalue weighted by Crippen LogP contribution is 2.13. The molecule has 4 N–H and O–H groups in total. The first-order valence-corrected chi connectivity index (χ1v) is 2.73. The van der Waals surface area contributed by atoms with Crippen molar-refractivity contribution in [1.82, 2.24) is 0 Å². The van der Waals surface area contributed by atoms with E-state index in [2.05, 4.69) is 0 Å². The van der Waals surface area contributed by atoms with Gasteiger partial charge in [-0.15, -0.1) is 0 Å². The van der Waals surface area contributed by atoms with Gasteiger partial charge in [-0.3, -0.25) is 4.79 Å². The molecule has 60 valence electrons. The third kappa shape index (κ3) is 3.39. The highest BCUT2D eigenvalue weighted by Gasteiger charge is 2.29. The van der Waals surface area contributed by atoms with E-state index in [1.54, 1.807) is 0 Å². The van der Waals surface area contributed by atoms with Crippen LogP contribution < -0.4 is 0 Å². The van der Waals surface area contributed by atoms with Crippen LogP contribution in [0.2, 0.25) is 0 Å². The van der Waals surface area contributed by atoms with Crippen molar-refractivity contribution in [2.24, 2.45) is 5.92 Å². The van der Waals surface area contributed by atoms with Crippen LogP contribution in [0.5, 0.6) is 0 Å². The Balaban J connectivity index is 3.85. The van der Waals surface area contributed by atoms with Crippen molar-refractivity contribution >= 4 is 5.97 Å². The molecule has 0 spiro atoms. The molecule has 0 saturated heterocycles. The summed E-state index contributed by atoms with van der Waals surface area (Å²) in [4.78, 5) is 9.92. The average Bonchev–Trinajstić information content (AvgIpc) is 1.60. The zero-order valence-electron chi connectivity index (χ0n) is 5.48. The van der Waals surface area contributed by atoms with E-state index in [9.17, 15) is 4.79 Å². The zero-order chi connectivity index (χ0) is 8.36. The maximum atomic E-state index is 9.92. The second-order valence-electron chi connectivity index (χ2n) is 2.19. The van der Waals surface area contributed by atoms with Crippen LogP contribution >= 0.6 is 0 Å². The van der Waals surface area contributed by atoms with Gasteiger partial charge in [0.05, 0.1) is 6.42 Å². The highest BCUT2D eigenvalue weighted by molar-refractivity contribution is 5.67. The van der Waals surface area contributed by atoms with Crippen LogP contribution in [0.1, 0.15) is 13.3 Å². The summed E-state index contributed by atoms with van der Waals surface area (Å²) in [5.74, 6) is -5.17. The van der Waals surface area contributed by atoms with E-state index in [1.807, 2.05) is 0 Å². The van der Waals surface area contributed by atoms with Crippen LogP contribution in [-0.2, 0) is 4.79 Å². The van der Waals surface area contributed by atoms with Gasteiger partial charge in [-0.2, -0.15) is 0 Å². The third-order valence-corrected chi connectivity index (χ3v) is 1.14. The monoisotopic (exact) mass is 150 g/mol. The van der Waals surface area contributed by atoms with Crippen molar-refractivity contribution in [3.05, 3.63) is 0 Å². The smallest absolute Gasteiger partial charge is 0.303 e. The Morgan fingerprint density at radius 2 is 1.90 bits per heavy atom. The van der Waals surface area contributed by atoms with Crippen LogP contribution in [0.25, 0.3) is 0 Å². The largest absolute Gasteiger partial charge is 0.481 e. The number of aliphatic carboxylic acids is 1. The molecule has 10 heavy (non-hydrogen) atoms. The van der Waals surface area contributed by atoms with Crippen molar-refractivity contribution in [3.8, 4) is 0 Å². The van der Waals surface area contributed by atoms with Crippen LogP contribution in [0.15, 0.2) is 0 Å². The van der Waals surface area contributed by atoms with Gasteiger partial charge in [0.1, 0.15) is 0 Å². The molecule has 5 heteroatoms. The summed E-state index contributed by atoms with van der Waals surface area (Å²) < 4.78 is 0. The van der Waals surface area contributed by atoms with Gasteiger partial charge in [0, 0.05) is 5.92 Å². The molecule has 0 saturated carbocycles. The van der Waals surface area contributed by atoms with Gasteiger partial charge < -0.3 is 20.4 Å². The molecule has 0 aromatic carbocycles.